The van der Waals surface area contributed by atoms with Crippen LogP contribution in [-0.2, 0) is 4.79 Å². The zero-order chi connectivity index (χ0) is 27.4. The lowest BCUT2D eigenvalue weighted by Gasteiger charge is -2.31. The molecule has 1 unspecified atom stereocenters. The fourth-order valence-corrected chi connectivity index (χ4v) is 5.11. The second-order valence-electron chi connectivity index (χ2n) is 9.99. The van der Waals surface area contributed by atoms with Crippen molar-refractivity contribution in [2.75, 3.05) is 72.8 Å². The van der Waals surface area contributed by atoms with Gasteiger partial charge in [-0.2, -0.15) is 0 Å². The molecule has 2 aliphatic heterocycles. The Morgan fingerprint density at radius 1 is 1.08 bits per heavy atom. The maximum atomic E-state index is 12.9. The molecule has 39 heavy (non-hydrogen) atoms. The van der Waals surface area contributed by atoms with Gasteiger partial charge in [0.1, 0.15) is 29.3 Å². The number of anilines is 1. The van der Waals surface area contributed by atoms with Crippen LogP contribution in [0.2, 0.25) is 0 Å². The first-order valence-corrected chi connectivity index (χ1v) is 13.2. The number of carbonyl (C=O) groups is 1. The molecule has 2 N–H and O–H groups in total. The first-order valence-electron chi connectivity index (χ1n) is 13.2. The summed E-state index contributed by atoms with van der Waals surface area (Å²) in [6.45, 7) is 6.28. The number of methoxy groups -OCH3 is 2. The lowest BCUT2D eigenvalue weighted by atomic mass is 10.1. The van der Waals surface area contributed by atoms with Crippen molar-refractivity contribution in [3.8, 4) is 23.3 Å². The summed E-state index contributed by atoms with van der Waals surface area (Å²) >= 11 is 0. The quantitative estimate of drug-likeness (QED) is 0.382. The molecule has 10 heteroatoms. The van der Waals surface area contributed by atoms with Gasteiger partial charge < -0.3 is 29.6 Å². The van der Waals surface area contributed by atoms with Crippen LogP contribution in [-0.4, -0.2) is 102 Å². The van der Waals surface area contributed by atoms with Crippen molar-refractivity contribution in [1.82, 2.24) is 29.2 Å². The van der Waals surface area contributed by atoms with E-state index in [0.29, 0.717) is 30.4 Å². The number of nitrogens with zero attached hydrogens (tertiary/aromatic N) is 6. The van der Waals surface area contributed by atoms with Gasteiger partial charge in [-0.15, -0.1) is 0 Å². The molecular formula is C29H35N7O3. The molecule has 1 atom stereocenters. The normalized spacial score (nSPS) is 18.4. The number of nitrogens with two attached hydrogens (primary N) is 1. The highest BCUT2D eigenvalue weighted by Crippen LogP contribution is 2.31. The van der Waals surface area contributed by atoms with Gasteiger partial charge in [0, 0.05) is 69.7 Å². The van der Waals surface area contributed by atoms with Crippen LogP contribution in [0.25, 0.3) is 11.0 Å². The number of carbonyl (C=O) groups excluding carboxylic acids is 1. The number of likely N-dealkylation sites (N-methyl/N-ethyl adjacent to an activating group) is 1. The van der Waals surface area contributed by atoms with Crippen LogP contribution in [0.4, 0.5) is 5.82 Å². The van der Waals surface area contributed by atoms with E-state index in [-0.39, 0.29) is 11.9 Å². The van der Waals surface area contributed by atoms with E-state index >= 15 is 0 Å². The first kappa shape index (κ1) is 26.5. The third-order valence-corrected chi connectivity index (χ3v) is 7.42. The van der Waals surface area contributed by atoms with Crippen molar-refractivity contribution in [1.29, 1.82) is 0 Å². The smallest absolute Gasteiger partial charge is 0.246 e. The van der Waals surface area contributed by atoms with Gasteiger partial charge in [0.2, 0.25) is 5.91 Å². The number of ether oxygens (including phenoxy) is 2. The molecule has 0 saturated carbocycles. The zero-order valence-electron chi connectivity index (χ0n) is 22.8. The summed E-state index contributed by atoms with van der Waals surface area (Å²) in [6.07, 6.45) is 7.97. The minimum atomic E-state index is 0.0456. The van der Waals surface area contributed by atoms with Gasteiger partial charge in [-0.1, -0.05) is 17.9 Å². The molecule has 0 aliphatic carbocycles. The van der Waals surface area contributed by atoms with E-state index < -0.39 is 0 Å². The average Bonchev–Trinajstić information content (AvgIpc) is 3.59. The number of fused-ring (bicyclic) bond motifs is 1. The molecule has 2 aliphatic rings. The average molecular weight is 530 g/mol. The first-order chi connectivity index (χ1) is 18.9. The number of piperazine rings is 1. The van der Waals surface area contributed by atoms with Crippen molar-refractivity contribution < 1.29 is 14.3 Å². The number of benzene rings is 1. The summed E-state index contributed by atoms with van der Waals surface area (Å²) in [5.41, 5.74) is 8.49. The summed E-state index contributed by atoms with van der Waals surface area (Å²) < 4.78 is 12.8. The summed E-state index contributed by atoms with van der Waals surface area (Å²) in [5, 5.41) is 0.719. The third-order valence-electron chi connectivity index (χ3n) is 7.42. The maximum absolute atomic E-state index is 12.9. The number of aromatic nitrogens is 3. The Bertz CT molecular complexity index is 1410. The van der Waals surface area contributed by atoms with Crippen LogP contribution in [0.5, 0.6) is 11.5 Å². The van der Waals surface area contributed by atoms with Crippen molar-refractivity contribution in [3.05, 3.63) is 54.0 Å². The van der Waals surface area contributed by atoms with Gasteiger partial charge in [0.15, 0.2) is 0 Å². The van der Waals surface area contributed by atoms with E-state index in [2.05, 4.69) is 43.2 Å². The highest BCUT2D eigenvalue weighted by Gasteiger charge is 2.28. The summed E-state index contributed by atoms with van der Waals surface area (Å²) in [7, 11) is 5.36. The van der Waals surface area contributed by atoms with Crippen molar-refractivity contribution >= 4 is 22.8 Å². The lowest BCUT2D eigenvalue weighted by Crippen LogP contribution is -2.44. The van der Waals surface area contributed by atoms with Gasteiger partial charge in [-0.05, 0) is 25.6 Å². The topological polar surface area (TPSA) is 102 Å². The van der Waals surface area contributed by atoms with Gasteiger partial charge >= 0.3 is 0 Å². The van der Waals surface area contributed by atoms with E-state index in [1.807, 2.05) is 29.3 Å². The molecule has 2 fully saturated rings. The minimum absolute atomic E-state index is 0.0456. The number of nitrogen functional groups attached to an aromatic ring is 1. The number of amides is 1. The molecule has 2 saturated heterocycles. The number of hydrogen-bond acceptors (Lipinski definition) is 8. The van der Waals surface area contributed by atoms with Crippen molar-refractivity contribution in [2.45, 2.75) is 12.5 Å². The third kappa shape index (κ3) is 6.00. The van der Waals surface area contributed by atoms with Gasteiger partial charge in [-0.3, -0.25) is 9.69 Å². The molecule has 0 radical (unpaired) electrons. The second kappa shape index (κ2) is 11.8. The molecule has 2 aromatic heterocycles. The van der Waals surface area contributed by atoms with E-state index in [1.165, 1.54) is 6.33 Å². The Kier molecular flexibility index (Phi) is 8.00. The van der Waals surface area contributed by atoms with Gasteiger partial charge in [-0.25, -0.2) is 9.97 Å². The Hall–Kier alpha value is -4.07. The Balaban J connectivity index is 1.33. The van der Waals surface area contributed by atoms with Crippen molar-refractivity contribution in [3.63, 3.8) is 0 Å². The Morgan fingerprint density at radius 2 is 1.82 bits per heavy atom. The monoisotopic (exact) mass is 529 g/mol. The molecule has 5 rings (SSSR count). The van der Waals surface area contributed by atoms with Gasteiger partial charge in [0.25, 0.3) is 0 Å². The molecule has 3 aromatic rings. The van der Waals surface area contributed by atoms with E-state index in [0.717, 1.165) is 61.3 Å². The SMILES string of the molecule is COc1cc(C#Cc2cn(C3CCN(C(=O)C=CCN4CCN(C)CC4)C3)c3ncnc(N)c23)cc(OC)c1. The predicted octanol–water partition coefficient (Wildman–Crippen LogP) is 2.01. The maximum Gasteiger partial charge on any atom is 0.246 e. The van der Waals surface area contributed by atoms with Crippen LogP contribution in [0.3, 0.4) is 0 Å². The fourth-order valence-electron chi connectivity index (χ4n) is 5.11. The fraction of sp³-hybridized carbons (Fsp3) is 0.414. The molecular weight excluding hydrogens is 494 g/mol. The predicted molar refractivity (Wildman–Crippen MR) is 151 cm³/mol. The van der Waals surface area contributed by atoms with E-state index in [9.17, 15) is 4.79 Å². The largest absolute Gasteiger partial charge is 0.497 e. The summed E-state index contributed by atoms with van der Waals surface area (Å²) in [4.78, 5) is 28.2. The molecule has 1 amide bonds. The van der Waals surface area contributed by atoms with Crippen LogP contribution in [0.1, 0.15) is 23.6 Å². The van der Waals surface area contributed by atoms with E-state index in [1.54, 1.807) is 26.4 Å². The number of rotatable bonds is 6. The molecule has 10 nitrogen and oxygen atoms in total. The number of hydrogen-bond donors (Lipinski definition) is 1. The Labute approximate surface area is 229 Å². The zero-order valence-corrected chi connectivity index (χ0v) is 22.8. The highest BCUT2D eigenvalue weighted by molar-refractivity contribution is 5.92. The molecule has 0 bridgehead atoms. The molecule has 1 aromatic carbocycles. The van der Waals surface area contributed by atoms with Crippen LogP contribution < -0.4 is 15.2 Å². The number of likely N-dealkylation sites (tertiary alicyclic amines) is 1. The van der Waals surface area contributed by atoms with Crippen LogP contribution in [0, 0.1) is 11.8 Å². The molecule has 204 valence electrons. The lowest BCUT2D eigenvalue weighted by molar-refractivity contribution is -0.125. The molecule has 0 spiro atoms. The summed E-state index contributed by atoms with van der Waals surface area (Å²) in [6, 6.07) is 5.58. The Morgan fingerprint density at radius 3 is 2.54 bits per heavy atom. The molecule has 4 heterocycles. The highest BCUT2D eigenvalue weighted by atomic mass is 16.5. The minimum Gasteiger partial charge on any atom is -0.497 e. The van der Waals surface area contributed by atoms with Crippen molar-refractivity contribution in [2.24, 2.45) is 0 Å². The second-order valence-corrected chi connectivity index (χ2v) is 9.99. The summed E-state index contributed by atoms with van der Waals surface area (Å²) in [5.74, 6) is 8.20. The van der Waals surface area contributed by atoms with Gasteiger partial charge in [0.05, 0.1) is 31.2 Å². The van der Waals surface area contributed by atoms with Crippen LogP contribution in [0.15, 0.2) is 42.9 Å². The van der Waals surface area contributed by atoms with E-state index in [4.69, 9.17) is 15.2 Å². The van der Waals surface area contributed by atoms with Crippen LogP contribution >= 0.6 is 0 Å². The standard InChI is InChI=1S/C29H35N7O3/c1-33-11-13-34(14-12-33)9-4-5-26(37)35-10-8-23(19-35)36-18-22(27-28(30)31-20-32-29(27)36)7-6-21-15-24(38-2)17-25(16-21)39-3/h4-5,15-18,20,23H,8-14,19H2,1-3H3,(H2,30,31,32).